The van der Waals surface area contributed by atoms with Gasteiger partial charge in [0.2, 0.25) is 0 Å². The van der Waals surface area contributed by atoms with Crippen LogP contribution in [0, 0.1) is 0 Å². The molecule has 0 amide bonds. The summed E-state index contributed by atoms with van der Waals surface area (Å²) < 4.78 is 98.4. The second-order valence-electron chi connectivity index (χ2n) is 3.38. The molecule has 0 fully saturated rings. The van der Waals surface area contributed by atoms with Gasteiger partial charge in [-0.25, -0.2) is 0 Å². The van der Waals surface area contributed by atoms with Crippen molar-refractivity contribution in [2.24, 2.45) is 0 Å². The van der Waals surface area contributed by atoms with E-state index < -0.39 is 35.1 Å². The van der Waals surface area contributed by atoms with Crippen LogP contribution >= 0.6 is 11.6 Å². The summed E-state index contributed by atoms with van der Waals surface area (Å²) in [6, 6.07) is 0.140. The SMILES string of the molecule is F[B-](F)(F)c1ccc(C(F)(F)C(F)(F)F)cc1Cl.[K+]. The van der Waals surface area contributed by atoms with Gasteiger partial charge < -0.3 is 12.9 Å². The van der Waals surface area contributed by atoms with E-state index in [1.807, 2.05) is 0 Å². The third-order valence-electron chi connectivity index (χ3n) is 2.07. The van der Waals surface area contributed by atoms with Crippen molar-refractivity contribution in [2.45, 2.75) is 12.1 Å². The molecule has 102 valence electrons. The maximum Gasteiger partial charge on any atom is 1.00 e. The summed E-state index contributed by atoms with van der Waals surface area (Å²) in [5.41, 5.74) is -3.05. The number of halogens is 9. The van der Waals surface area contributed by atoms with Crippen molar-refractivity contribution in [3.05, 3.63) is 28.8 Å². The van der Waals surface area contributed by atoms with E-state index >= 15 is 0 Å². The molecule has 0 aromatic heterocycles. The molecular formula is C8H3BClF8K. The molecular weight excluding hydrogens is 333 g/mol. The molecule has 0 aliphatic rings. The van der Waals surface area contributed by atoms with Crippen LogP contribution in [0.3, 0.4) is 0 Å². The van der Waals surface area contributed by atoms with Crippen molar-refractivity contribution in [3.63, 3.8) is 0 Å². The first kappa shape index (κ1) is 19.7. The van der Waals surface area contributed by atoms with Crippen molar-refractivity contribution in [3.8, 4) is 0 Å². The van der Waals surface area contributed by atoms with Crippen LogP contribution in [0.4, 0.5) is 34.9 Å². The second kappa shape index (κ2) is 6.19. The van der Waals surface area contributed by atoms with Gasteiger partial charge in [-0.05, 0) is 6.07 Å². The van der Waals surface area contributed by atoms with Crippen LogP contribution in [0.25, 0.3) is 0 Å². The van der Waals surface area contributed by atoms with Gasteiger partial charge in [0, 0.05) is 10.6 Å². The molecule has 0 saturated carbocycles. The van der Waals surface area contributed by atoms with Crippen LogP contribution in [-0.2, 0) is 5.92 Å². The quantitative estimate of drug-likeness (QED) is 0.560. The van der Waals surface area contributed by atoms with E-state index in [0.717, 1.165) is 0 Å². The number of rotatable bonds is 2. The predicted octanol–water partition coefficient (Wildman–Crippen LogP) is 1.05. The Morgan fingerprint density at radius 2 is 1.42 bits per heavy atom. The van der Waals surface area contributed by atoms with E-state index in [-0.39, 0.29) is 69.6 Å². The minimum Gasteiger partial charge on any atom is -0.445 e. The zero-order valence-electron chi connectivity index (χ0n) is 9.21. The maximum atomic E-state index is 12.8. The standard InChI is InChI=1S/C8H3BClF8.K/c10-6-3-4(7(11,12)8(13,14)15)1-2-5(6)9(16,17)18;/h1-3H;/q-1;+1. The van der Waals surface area contributed by atoms with E-state index in [0.29, 0.717) is 0 Å². The first-order valence-corrected chi connectivity index (χ1v) is 4.69. The van der Waals surface area contributed by atoms with Gasteiger partial charge in [0.25, 0.3) is 0 Å². The summed E-state index contributed by atoms with van der Waals surface area (Å²) in [5.74, 6) is -5.26. The Kier molecular flexibility index (Phi) is 6.40. The third-order valence-corrected chi connectivity index (χ3v) is 2.40. The van der Waals surface area contributed by atoms with E-state index in [4.69, 9.17) is 11.6 Å². The average molecular weight is 336 g/mol. The largest absolute Gasteiger partial charge is 1.00 e. The van der Waals surface area contributed by atoms with Crippen LogP contribution in [0.15, 0.2) is 18.2 Å². The number of benzene rings is 1. The van der Waals surface area contributed by atoms with Crippen LogP contribution in [0.5, 0.6) is 0 Å². The Balaban J connectivity index is 0.00000324. The normalized spacial score (nSPS) is 13.1. The average Bonchev–Trinajstić information content (AvgIpc) is 2.13. The molecule has 1 aromatic rings. The van der Waals surface area contributed by atoms with E-state index in [1.54, 1.807) is 0 Å². The fraction of sp³-hybridized carbons (Fsp3) is 0.250. The Morgan fingerprint density at radius 3 is 1.74 bits per heavy atom. The van der Waals surface area contributed by atoms with Gasteiger partial charge in [0.1, 0.15) is 0 Å². The van der Waals surface area contributed by atoms with E-state index in [2.05, 4.69) is 0 Å². The first-order valence-electron chi connectivity index (χ1n) is 4.32. The monoisotopic (exact) mass is 336 g/mol. The van der Waals surface area contributed by atoms with Gasteiger partial charge in [-0.15, -0.1) is 0 Å². The Hall–Kier alpha value is 0.651. The number of alkyl halides is 5. The molecule has 1 aromatic carbocycles. The minimum atomic E-state index is -5.90. The van der Waals surface area contributed by atoms with Crippen molar-refractivity contribution < 1.29 is 86.3 Å². The van der Waals surface area contributed by atoms with E-state index in [1.165, 1.54) is 0 Å². The minimum absolute atomic E-state index is 0. The summed E-state index contributed by atoms with van der Waals surface area (Å²) >= 11 is 5.07. The molecule has 0 heterocycles. The Morgan fingerprint density at radius 1 is 0.947 bits per heavy atom. The summed E-state index contributed by atoms with van der Waals surface area (Å²) in [7, 11) is 0. The summed E-state index contributed by atoms with van der Waals surface area (Å²) in [6.07, 6.45) is -5.90. The third kappa shape index (κ3) is 4.31. The summed E-state index contributed by atoms with van der Waals surface area (Å²) in [5, 5.41) is -1.19. The maximum absolute atomic E-state index is 12.8. The molecule has 0 bridgehead atoms. The molecule has 19 heavy (non-hydrogen) atoms. The fourth-order valence-electron chi connectivity index (χ4n) is 1.15. The number of hydrogen-bond acceptors (Lipinski definition) is 0. The molecule has 1 rings (SSSR count). The molecule has 0 atom stereocenters. The van der Waals surface area contributed by atoms with Crippen LogP contribution in [0.2, 0.25) is 5.02 Å². The summed E-state index contributed by atoms with van der Waals surface area (Å²) in [6.45, 7) is -5.57. The van der Waals surface area contributed by atoms with Crippen molar-refractivity contribution in [2.75, 3.05) is 0 Å². The van der Waals surface area contributed by atoms with Gasteiger partial charge in [-0.1, -0.05) is 29.2 Å². The Bertz CT molecular complexity index is 455. The molecule has 0 N–H and O–H groups in total. The Labute approximate surface area is 150 Å². The molecule has 0 unspecified atom stereocenters. The van der Waals surface area contributed by atoms with Crippen LogP contribution < -0.4 is 56.8 Å². The molecule has 0 radical (unpaired) electrons. The molecule has 0 aliphatic carbocycles. The van der Waals surface area contributed by atoms with Crippen molar-refractivity contribution in [1.82, 2.24) is 0 Å². The molecule has 0 aliphatic heterocycles. The molecule has 11 heteroatoms. The van der Waals surface area contributed by atoms with Gasteiger partial charge in [0.05, 0.1) is 0 Å². The molecule has 0 nitrogen and oxygen atoms in total. The zero-order chi connectivity index (χ0) is 14.4. The first-order chi connectivity index (χ1) is 7.87. The second-order valence-corrected chi connectivity index (χ2v) is 3.79. The zero-order valence-corrected chi connectivity index (χ0v) is 13.1. The topological polar surface area (TPSA) is 0 Å². The molecule has 0 spiro atoms. The van der Waals surface area contributed by atoms with Crippen molar-refractivity contribution in [1.29, 1.82) is 0 Å². The van der Waals surface area contributed by atoms with Crippen molar-refractivity contribution >= 4 is 24.0 Å². The molecule has 0 saturated heterocycles. The summed E-state index contributed by atoms with van der Waals surface area (Å²) in [4.78, 5) is 0. The van der Waals surface area contributed by atoms with Gasteiger partial charge in [-0.2, -0.15) is 22.0 Å². The number of hydrogen-bond donors (Lipinski definition) is 0. The predicted molar refractivity (Wildman–Crippen MR) is 50.1 cm³/mol. The van der Waals surface area contributed by atoms with E-state index in [9.17, 15) is 34.9 Å². The smallest absolute Gasteiger partial charge is 0.445 e. The van der Waals surface area contributed by atoms with Gasteiger partial charge >= 0.3 is 70.5 Å². The fourth-order valence-corrected chi connectivity index (χ4v) is 1.46. The van der Waals surface area contributed by atoms with Gasteiger partial charge in [-0.3, -0.25) is 0 Å². The van der Waals surface area contributed by atoms with Crippen LogP contribution in [-0.4, -0.2) is 13.2 Å². The van der Waals surface area contributed by atoms with Crippen LogP contribution in [0.1, 0.15) is 5.56 Å². The van der Waals surface area contributed by atoms with Gasteiger partial charge in [0.15, 0.2) is 0 Å².